The number of sulfonamides is 1. The van der Waals surface area contributed by atoms with Crippen LogP contribution in [0.25, 0.3) is 0 Å². The first kappa shape index (κ1) is 16.3. The molecule has 0 aromatic heterocycles. The standard InChI is InChI=1S/C19H20N2O3S/c1-14-6-5-7-15(12-14)25(23,24)21-11-10-19(13-21)16-8-3-4-9-17(16)20(2)18(19)22/h3-9,12H,10-11,13H2,1-2H3/t19-/m0/s1. The summed E-state index contributed by atoms with van der Waals surface area (Å²) in [6.07, 6.45) is 0.512. The van der Waals surface area contributed by atoms with Gasteiger partial charge in [-0.05, 0) is 42.7 Å². The molecule has 0 unspecified atom stereocenters. The Balaban J connectivity index is 1.74. The number of carbonyl (C=O) groups is 1. The third kappa shape index (κ3) is 2.24. The van der Waals surface area contributed by atoms with Gasteiger partial charge in [-0.15, -0.1) is 0 Å². The normalized spacial score (nSPS) is 23.4. The van der Waals surface area contributed by atoms with Crippen LogP contribution in [-0.4, -0.2) is 38.8 Å². The van der Waals surface area contributed by atoms with Crippen LogP contribution in [0.5, 0.6) is 0 Å². The van der Waals surface area contributed by atoms with E-state index in [0.717, 1.165) is 16.8 Å². The molecule has 5 nitrogen and oxygen atoms in total. The van der Waals surface area contributed by atoms with E-state index in [2.05, 4.69) is 0 Å². The molecule has 1 amide bonds. The van der Waals surface area contributed by atoms with Crippen molar-refractivity contribution < 1.29 is 13.2 Å². The maximum absolute atomic E-state index is 13.0. The topological polar surface area (TPSA) is 57.7 Å². The number of rotatable bonds is 2. The smallest absolute Gasteiger partial charge is 0.243 e. The SMILES string of the molecule is Cc1cccc(S(=O)(=O)N2CC[C@@]3(C2)C(=O)N(C)c2ccccc23)c1. The Hall–Kier alpha value is -2.18. The molecule has 2 aromatic carbocycles. The van der Waals surface area contributed by atoms with Crippen molar-refractivity contribution in [2.75, 3.05) is 25.0 Å². The van der Waals surface area contributed by atoms with Crippen molar-refractivity contribution in [3.05, 3.63) is 59.7 Å². The molecule has 130 valence electrons. The van der Waals surface area contributed by atoms with E-state index in [0.29, 0.717) is 13.0 Å². The van der Waals surface area contributed by atoms with Crippen LogP contribution in [0.2, 0.25) is 0 Å². The second kappa shape index (κ2) is 5.41. The third-order valence-corrected chi connectivity index (χ3v) is 7.20. The summed E-state index contributed by atoms with van der Waals surface area (Å²) in [5.41, 5.74) is 1.95. The molecule has 0 aliphatic carbocycles. The molecular formula is C19H20N2O3S. The lowest BCUT2D eigenvalue weighted by molar-refractivity contribution is -0.122. The van der Waals surface area contributed by atoms with Crippen LogP contribution in [0.4, 0.5) is 5.69 Å². The highest BCUT2D eigenvalue weighted by Crippen LogP contribution is 2.47. The molecule has 6 heteroatoms. The fourth-order valence-electron chi connectivity index (χ4n) is 4.02. The van der Waals surface area contributed by atoms with E-state index in [1.54, 1.807) is 30.1 Å². The number of aryl methyl sites for hydroxylation is 1. The summed E-state index contributed by atoms with van der Waals surface area (Å²) in [5.74, 6) is -0.0179. The largest absolute Gasteiger partial charge is 0.314 e. The number of carbonyl (C=O) groups excluding carboxylic acids is 1. The minimum Gasteiger partial charge on any atom is -0.314 e. The van der Waals surface area contributed by atoms with E-state index in [-0.39, 0.29) is 17.3 Å². The van der Waals surface area contributed by atoms with Gasteiger partial charge in [0.25, 0.3) is 0 Å². The molecule has 1 atom stereocenters. The Morgan fingerprint density at radius 3 is 2.60 bits per heavy atom. The van der Waals surface area contributed by atoms with Gasteiger partial charge in [0.05, 0.1) is 10.3 Å². The molecule has 1 saturated heterocycles. The van der Waals surface area contributed by atoms with Crippen molar-refractivity contribution in [1.82, 2.24) is 4.31 Å². The molecule has 2 heterocycles. The van der Waals surface area contributed by atoms with Gasteiger partial charge in [-0.3, -0.25) is 4.79 Å². The Bertz CT molecular complexity index is 970. The summed E-state index contributed by atoms with van der Waals surface area (Å²) in [5, 5.41) is 0. The van der Waals surface area contributed by atoms with Crippen LogP contribution in [0.1, 0.15) is 17.5 Å². The van der Waals surface area contributed by atoms with Gasteiger partial charge in [-0.2, -0.15) is 4.31 Å². The second-order valence-corrected chi connectivity index (χ2v) is 8.81. The molecule has 0 radical (unpaired) electrons. The lowest BCUT2D eigenvalue weighted by Crippen LogP contribution is -2.42. The monoisotopic (exact) mass is 356 g/mol. The van der Waals surface area contributed by atoms with Gasteiger partial charge in [0.1, 0.15) is 0 Å². The molecule has 0 N–H and O–H groups in total. The van der Waals surface area contributed by atoms with Gasteiger partial charge in [0, 0.05) is 25.8 Å². The van der Waals surface area contributed by atoms with Crippen molar-refractivity contribution >= 4 is 21.6 Å². The minimum absolute atomic E-state index is 0.0179. The van der Waals surface area contributed by atoms with E-state index >= 15 is 0 Å². The first-order valence-corrected chi connectivity index (χ1v) is 9.75. The number of para-hydroxylation sites is 1. The Morgan fingerprint density at radius 2 is 1.84 bits per heavy atom. The molecule has 4 rings (SSSR count). The minimum atomic E-state index is -3.61. The Kier molecular flexibility index (Phi) is 3.53. The Morgan fingerprint density at radius 1 is 1.08 bits per heavy atom. The van der Waals surface area contributed by atoms with E-state index in [9.17, 15) is 13.2 Å². The van der Waals surface area contributed by atoms with Gasteiger partial charge in [0.2, 0.25) is 15.9 Å². The zero-order valence-corrected chi connectivity index (χ0v) is 15.1. The number of benzene rings is 2. The molecule has 2 aliphatic rings. The maximum atomic E-state index is 13.0. The van der Waals surface area contributed by atoms with Crippen molar-refractivity contribution in [1.29, 1.82) is 0 Å². The van der Waals surface area contributed by atoms with Crippen LogP contribution < -0.4 is 4.90 Å². The highest BCUT2D eigenvalue weighted by Gasteiger charge is 2.55. The van der Waals surface area contributed by atoms with Crippen molar-refractivity contribution in [2.45, 2.75) is 23.7 Å². The number of fused-ring (bicyclic) bond motifs is 2. The Labute approximate surface area is 147 Å². The predicted octanol–water partition coefficient (Wildman–Crippen LogP) is 2.30. The molecule has 2 aromatic rings. The number of hydrogen-bond acceptors (Lipinski definition) is 3. The summed E-state index contributed by atoms with van der Waals surface area (Å²) in [7, 11) is -1.85. The van der Waals surface area contributed by atoms with E-state index < -0.39 is 15.4 Å². The van der Waals surface area contributed by atoms with E-state index in [1.165, 1.54) is 4.31 Å². The van der Waals surface area contributed by atoms with Crippen LogP contribution in [0, 0.1) is 6.92 Å². The second-order valence-electron chi connectivity index (χ2n) is 6.87. The molecule has 1 fully saturated rings. The average Bonchev–Trinajstić information content (AvgIpc) is 3.14. The number of anilines is 1. The predicted molar refractivity (Wildman–Crippen MR) is 96.1 cm³/mol. The third-order valence-electron chi connectivity index (χ3n) is 5.36. The van der Waals surface area contributed by atoms with E-state index in [1.807, 2.05) is 37.3 Å². The zero-order chi connectivity index (χ0) is 17.8. The lowest BCUT2D eigenvalue weighted by atomic mass is 9.81. The summed E-state index contributed by atoms with van der Waals surface area (Å²) < 4.78 is 27.5. The van der Waals surface area contributed by atoms with Gasteiger partial charge < -0.3 is 4.90 Å². The average molecular weight is 356 g/mol. The van der Waals surface area contributed by atoms with Crippen LogP contribution in [0.3, 0.4) is 0 Å². The molecule has 0 bridgehead atoms. The fourth-order valence-corrected chi connectivity index (χ4v) is 5.62. The van der Waals surface area contributed by atoms with E-state index in [4.69, 9.17) is 0 Å². The summed E-state index contributed by atoms with van der Waals surface area (Å²) in [6.45, 7) is 2.42. The molecule has 2 aliphatic heterocycles. The number of likely N-dealkylation sites (N-methyl/N-ethyl adjacent to an activating group) is 1. The van der Waals surface area contributed by atoms with Crippen molar-refractivity contribution in [3.63, 3.8) is 0 Å². The maximum Gasteiger partial charge on any atom is 0.243 e. The molecular weight excluding hydrogens is 336 g/mol. The van der Waals surface area contributed by atoms with Crippen LogP contribution in [0.15, 0.2) is 53.4 Å². The summed E-state index contributed by atoms with van der Waals surface area (Å²) in [4.78, 5) is 14.9. The summed E-state index contributed by atoms with van der Waals surface area (Å²) >= 11 is 0. The van der Waals surface area contributed by atoms with Crippen molar-refractivity contribution in [2.24, 2.45) is 0 Å². The lowest BCUT2D eigenvalue weighted by Gasteiger charge is -2.23. The highest BCUT2D eigenvalue weighted by molar-refractivity contribution is 7.89. The van der Waals surface area contributed by atoms with Gasteiger partial charge in [-0.25, -0.2) is 8.42 Å². The van der Waals surface area contributed by atoms with Crippen LogP contribution >= 0.6 is 0 Å². The first-order valence-electron chi connectivity index (χ1n) is 8.31. The molecule has 0 saturated carbocycles. The first-order chi connectivity index (χ1) is 11.9. The van der Waals surface area contributed by atoms with Crippen molar-refractivity contribution in [3.8, 4) is 0 Å². The van der Waals surface area contributed by atoms with Gasteiger partial charge in [0.15, 0.2) is 0 Å². The molecule has 1 spiro atoms. The zero-order valence-electron chi connectivity index (χ0n) is 14.3. The number of hydrogen-bond donors (Lipinski definition) is 0. The fraction of sp³-hybridized carbons (Fsp3) is 0.316. The molecule has 25 heavy (non-hydrogen) atoms. The quantitative estimate of drug-likeness (QED) is 0.830. The summed E-state index contributed by atoms with van der Waals surface area (Å²) in [6, 6.07) is 14.6. The van der Waals surface area contributed by atoms with Gasteiger partial charge in [-0.1, -0.05) is 30.3 Å². The van der Waals surface area contributed by atoms with Crippen LogP contribution in [-0.2, 0) is 20.2 Å². The highest BCUT2D eigenvalue weighted by atomic mass is 32.2. The number of amides is 1. The number of nitrogens with zero attached hydrogens (tertiary/aromatic N) is 2. The van der Waals surface area contributed by atoms with Gasteiger partial charge >= 0.3 is 0 Å².